The number of rotatable bonds is 7. The van der Waals surface area contributed by atoms with Crippen molar-refractivity contribution in [2.24, 2.45) is 11.8 Å². The van der Waals surface area contributed by atoms with Crippen LogP contribution in [0.15, 0.2) is 24.4 Å². The number of alkyl halides is 3. The molecule has 1 aliphatic heterocycles. The summed E-state index contributed by atoms with van der Waals surface area (Å²) in [6, 6.07) is 4.53. The van der Waals surface area contributed by atoms with E-state index >= 15 is 0 Å². The lowest BCUT2D eigenvalue weighted by molar-refractivity contribution is -0.141. The van der Waals surface area contributed by atoms with Crippen molar-refractivity contribution in [3.8, 4) is 0 Å². The number of anilines is 1. The molecule has 5 nitrogen and oxygen atoms in total. The van der Waals surface area contributed by atoms with E-state index < -0.39 is 11.9 Å². The molecule has 0 spiro atoms. The number of nitrogens with one attached hydrogen (secondary N) is 2. The van der Waals surface area contributed by atoms with Gasteiger partial charge < -0.3 is 15.2 Å². The SMILES string of the molecule is CCCCc1ncc(CNC2CCC3CN(c4cccc(C(F)(F)F)n4)CC32)[nH]1. The summed E-state index contributed by atoms with van der Waals surface area (Å²) in [7, 11) is 0. The molecule has 2 aromatic rings. The zero-order valence-corrected chi connectivity index (χ0v) is 16.7. The summed E-state index contributed by atoms with van der Waals surface area (Å²) >= 11 is 0. The Bertz CT molecular complexity index is 819. The van der Waals surface area contributed by atoms with Crippen LogP contribution in [-0.2, 0) is 19.1 Å². The fourth-order valence-corrected chi connectivity index (χ4v) is 4.67. The van der Waals surface area contributed by atoms with Gasteiger partial charge in [-0.2, -0.15) is 13.2 Å². The van der Waals surface area contributed by atoms with Crippen molar-refractivity contribution in [1.29, 1.82) is 0 Å². The largest absolute Gasteiger partial charge is 0.433 e. The number of unbranched alkanes of at least 4 members (excludes halogenated alkanes) is 1. The van der Waals surface area contributed by atoms with Gasteiger partial charge >= 0.3 is 6.18 Å². The number of H-pyrrole nitrogens is 1. The van der Waals surface area contributed by atoms with E-state index in [9.17, 15) is 13.2 Å². The van der Waals surface area contributed by atoms with Gasteiger partial charge in [-0.05, 0) is 43.2 Å². The maximum atomic E-state index is 13.0. The number of hydrogen-bond donors (Lipinski definition) is 2. The van der Waals surface area contributed by atoms with Gasteiger partial charge in [0, 0.05) is 44.0 Å². The molecule has 3 heterocycles. The van der Waals surface area contributed by atoms with Gasteiger partial charge in [0.15, 0.2) is 0 Å². The quantitative estimate of drug-likeness (QED) is 0.723. The van der Waals surface area contributed by atoms with Gasteiger partial charge in [-0.3, -0.25) is 0 Å². The number of fused-ring (bicyclic) bond motifs is 1. The van der Waals surface area contributed by atoms with Crippen molar-refractivity contribution in [3.05, 3.63) is 41.6 Å². The molecule has 2 fully saturated rings. The van der Waals surface area contributed by atoms with Crippen molar-refractivity contribution in [2.75, 3.05) is 18.0 Å². The van der Waals surface area contributed by atoms with Crippen LogP contribution < -0.4 is 10.2 Å². The van der Waals surface area contributed by atoms with Crippen molar-refractivity contribution in [3.63, 3.8) is 0 Å². The summed E-state index contributed by atoms with van der Waals surface area (Å²) in [5.74, 6) is 2.41. The van der Waals surface area contributed by atoms with Gasteiger partial charge in [0.05, 0.1) is 0 Å². The molecule has 2 N–H and O–H groups in total. The Morgan fingerprint density at radius 3 is 2.90 bits per heavy atom. The van der Waals surface area contributed by atoms with Crippen molar-refractivity contribution in [2.45, 2.75) is 57.8 Å². The summed E-state index contributed by atoms with van der Waals surface area (Å²) in [6.07, 6.45) is 2.96. The summed E-state index contributed by atoms with van der Waals surface area (Å²) in [5.41, 5.74) is 0.272. The standard InChI is InChI=1S/C21H28F3N5/c1-2-3-6-19-26-11-15(27-19)10-25-17-9-8-14-12-29(13-16(14)17)20-7-4-5-18(28-20)21(22,23)24/h4-5,7,11,14,16-17,25H,2-3,6,8-10,12-13H2,1H3,(H,26,27). The van der Waals surface area contributed by atoms with Gasteiger partial charge in [-0.15, -0.1) is 0 Å². The van der Waals surface area contributed by atoms with E-state index in [1.165, 1.54) is 6.07 Å². The Hall–Kier alpha value is -2.09. The Morgan fingerprint density at radius 2 is 2.10 bits per heavy atom. The van der Waals surface area contributed by atoms with Crippen LogP contribution >= 0.6 is 0 Å². The second-order valence-electron chi connectivity index (χ2n) is 8.23. The molecule has 0 amide bonds. The fraction of sp³-hybridized carbons (Fsp3) is 0.619. The van der Waals surface area contributed by atoms with E-state index in [-0.39, 0.29) is 0 Å². The van der Waals surface area contributed by atoms with Gasteiger partial charge in [0.1, 0.15) is 17.3 Å². The van der Waals surface area contributed by atoms with Crippen LogP contribution in [0.5, 0.6) is 0 Å². The first-order valence-corrected chi connectivity index (χ1v) is 10.5. The Balaban J connectivity index is 1.35. The number of nitrogens with zero attached hydrogens (tertiary/aromatic N) is 3. The monoisotopic (exact) mass is 407 g/mol. The molecule has 3 atom stereocenters. The zero-order chi connectivity index (χ0) is 20.4. The van der Waals surface area contributed by atoms with E-state index in [0.717, 1.165) is 69.3 Å². The third-order valence-corrected chi connectivity index (χ3v) is 6.21. The number of pyridine rings is 1. The predicted octanol–water partition coefficient (Wildman–Crippen LogP) is 4.17. The number of hydrogen-bond acceptors (Lipinski definition) is 4. The number of halogens is 3. The third kappa shape index (κ3) is 4.57. The molecule has 8 heteroatoms. The summed E-state index contributed by atoms with van der Waals surface area (Å²) < 4.78 is 38.9. The average molecular weight is 407 g/mol. The number of aryl methyl sites for hydroxylation is 1. The molecule has 4 rings (SSSR count). The second-order valence-corrected chi connectivity index (χ2v) is 8.23. The first kappa shape index (κ1) is 20.2. The first-order valence-electron chi connectivity index (χ1n) is 10.5. The molecule has 158 valence electrons. The lowest BCUT2D eigenvalue weighted by atomic mass is 9.98. The minimum Gasteiger partial charge on any atom is -0.356 e. The molecule has 1 saturated carbocycles. The maximum absolute atomic E-state index is 13.0. The van der Waals surface area contributed by atoms with Crippen LogP contribution in [0.3, 0.4) is 0 Å². The molecular formula is C21H28F3N5. The predicted molar refractivity (Wildman–Crippen MR) is 105 cm³/mol. The van der Waals surface area contributed by atoms with Crippen LogP contribution in [-0.4, -0.2) is 34.1 Å². The van der Waals surface area contributed by atoms with E-state index in [0.29, 0.717) is 23.7 Å². The molecule has 3 unspecified atom stereocenters. The smallest absolute Gasteiger partial charge is 0.356 e. The third-order valence-electron chi connectivity index (χ3n) is 6.21. The Morgan fingerprint density at radius 1 is 1.24 bits per heavy atom. The molecule has 1 aliphatic carbocycles. The molecule has 2 aliphatic rings. The molecule has 0 bridgehead atoms. The number of aromatic amines is 1. The van der Waals surface area contributed by atoms with E-state index in [1.54, 1.807) is 6.07 Å². The minimum atomic E-state index is -4.41. The van der Waals surface area contributed by atoms with Gasteiger partial charge in [0.2, 0.25) is 0 Å². The zero-order valence-electron chi connectivity index (χ0n) is 16.7. The molecule has 2 aromatic heterocycles. The van der Waals surface area contributed by atoms with E-state index in [1.807, 2.05) is 11.1 Å². The van der Waals surface area contributed by atoms with E-state index in [2.05, 4.69) is 27.2 Å². The molecule has 1 saturated heterocycles. The van der Waals surface area contributed by atoms with Crippen LogP contribution in [0.2, 0.25) is 0 Å². The minimum absolute atomic E-state index is 0.373. The summed E-state index contributed by atoms with van der Waals surface area (Å²) in [6.45, 7) is 4.44. The normalized spacial score (nSPS) is 24.3. The molecule has 29 heavy (non-hydrogen) atoms. The molecule has 0 radical (unpaired) electrons. The summed E-state index contributed by atoms with van der Waals surface area (Å²) in [5, 5.41) is 3.65. The van der Waals surface area contributed by atoms with Crippen molar-refractivity contribution < 1.29 is 13.2 Å². The van der Waals surface area contributed by atoms with Gasteiger partial charge in [-0.1, -0.05) is 19.4 Å². The fourth-order valence-electron chi connectivity index (χ4n) is 4.67. The maximum Gasteiger partial charge on any atom is 0.433 e. The first-order chi connectivity index (χ1) is 13.9. The second kappa shape index (κ2) is 8.34. The van der Waals surface area contributed by atoms with Crippen molar-refractivity contribution in [1.82, 2.24) is 20.3 Å². The van der Waals surface area contributed by atoms with Crippen LogP contribution in [0.1, 0.15) is 49.8 Å². The van der Waals surface area contributed by atoms with Crippen LogP contribution in [0, 0.1) is 11.8 Å². The molecular weight excluding hydrogens is 379 g/mol. The van der Waals surface area contributed by atoms with Crippen LogP contribution in [0.4, 0.5) is 19.0 Å². The highest BCUT2D eigenvalue weighted by atomic mass is 19.4. The highest BCUT2D eigenvalue weighted by molar-refractivity contribution is 5.42. The van der Waals surface area contributed by atoms with Crippen LogP contribution in [0.25, 0.3) is 0 Å². The molecule has 0 aromatic carbocycles. The number of aromatic nitrogens is 3. The average Bonchev–Trinajstić information content (AvgIpc) is 3.40. The Kier molecular flexibility index (Phi) is 5.81. The lowest BCUT2D eigenvalue weighted by Gasteiger charge is -2.23. The van der Waals surface area contributed by atoms with Gasteiger partial charge in [0.25, 0.3) is 0 Å². The van der Waals surface area contributed by atoms with Gasteiger partial charge in [-0.25, -0.2) is 9.97 Å². The topological polar surface area (TPSA) is 56.8 Å². The van der Waals surface area contributed by atoms with E-state index in [4.69, 9.17) is 0 Å². The summed E-state index contributed by atoms with van der Waals surface area (Å²) in [4.78, 5) is 13.7. The van der Waals surface area contributed by atoms with Crippen molar-refractivity contribution >= 4 is 5.82 Å². The lowest BCUT2D eigenvalue weighted by Crippen LogP contribution is -2.35. The Labute approximate surface area is 169 Å². The number of imidazole rings is 1. The highest BCUT2D eigenvalue weighted by Gasteiger charge is 2.43. The highest BCUT2D eigenvalue weighted by Crippen LogP contribution is 2.40.